The summed E-state index contributed by atoms with van der Waals surface area (Å²) in [6.45, 7) is 7.68. The van der Waals surface area contributed by atoms with Crippen LogP contribution in [0.15, 0.2) is 87.5 Å². The second kappa shape index (κ2) is 15.1. The predicted octanol–water partition coefficient (Wildman–Crippen LogP) is 5.32. The summed E-state index contributed by atoms with van der Waals surface area (Å²) in [5, 5.41) is 16.4. The molecule has 0 fully saturated rings. The van der Waals surface area contributed by atoms with E-state index in [2.05, 4.69) is 75.4 Å². The van der Waals surface area contributed by atoms with Gasteiger partial charge in [-0.25, -0.2) is 0 Å². The van der Waals surface area contributed by atoms with Crippen molar-refractivity contribution in [1.29, 1.82) is 0 Å². The first-order valence-corrected chi connectivity index (χ1v) is 11.9. The quantitative estimate of drug-likeness (QED) is 0.170. The Balaban J connectivity index is 0.00000121. The minimum Gasteiger partial charge on any atom is -0.491 e. The Bertz CT molecular complexity index is 885. The summed E-state index contributed by atoms with van der Waals surface area (Å²) in [6.07, 6.45) is 0.977. The van der Waals surface area contributed by atoms with Gasteiger partial charge in [-0.15, -0.1) is 12.1 Å². The van der Waals surface area contributed by atoms with Crippen LogP contribution in [-0.2, 0) is 15.6 Å². The van der Waals surface area contributed by atoms with Crippen molar-refractivity contribution in [2.75, 3.05) is 19.8 Å². The third-order valence-corrected chi connectivity index (χ3v) is 7.55. The molecule has 3 rings (SSSR count). The van der Waals surface area contributed by atoms with Crippen molar-refractivity contribution in [3.8, 4) is 5.75 Å². The molecule has 168 valence electrons. The maximum Gasteiger partial charge on any atom is 2.00 e. The van der Waals surface area contributed by atoms with Crippen LogP contribution >= 0.6 is 12.6 Å². The van der Waals surface area contributed by atoms with E-state index in [0.29, 0.717) is 6.61 Å². The van der Waals surface area contributed by atoms with Gasteiger partial charge in [0.15, 0.2) is 9.79 Å². The standard InChI is InChI=1S/C24H26O2S2.C2H5O.U/c1-3-24(2,27)19-9-13-22(14-10-19)28(21-7-5-4-6-8-21)23-15-11-20(12-16-23)26-18-17-25;1-2-3;/h5-16,25,27H,3,17-18H2,1-2H3;3H,1-2H2;/q;-1;+2. The molecule has 2 atom stereocenters. The largest absolute Gasteiger partial charge is 2.00 e. The summed E-state index contributed by atoms with van der Waals surface area (Å²) in [5.74, 6) is 0.770. The molecule has 2 unspecified atom stereocenters. The molecule has 3 aromatic carbocycles. The van der Waals surface area contributed by atoms with Gasteiger partial charge in [-0.1, -0.05) is 25.7 Å². The van der Waals surface area contributed by atoms with Crippen LogP contribution in [0.3, 0.4) is 0 Å². The fourth-order valence-electron chi connectivity index (χ4n) is 2.91. The molecular formula is C26H31O3S2U+. The van der Waals surface area contributed by atoms with Crippen molar-refractivity contribution < 1.29 is 46.1 Å². The molecule has 32 heavy (non-hydrogen) atoms. The van der Waals surface area contributed by atoms with Gasteiger partial charge in [-0.2, -0.15) is 30.8 Å². The Labute approximate surface area is 224 Å². The first-order chi connectivity index (χ1) is 15.0. The van der Waals surface area contributed by atoms with Crippen molar-refractivity contribution in [2.24, 2.45) is 0 Å². The van der Waals surface area contributed by atoms with E-state index in [0.717, 1.165) is 12.2 Å². The zero-order valence-corrected chi connectivity index (χ0v) is 24.5. The molecule has 6 heteroatoms. The van der Waals surface area contributed by atoms with Crippen LogP contribution < -0.4 is 4.74 Å². The maximum absolute atomic E-state index is 8.93. The van der Waals surface area contributed by atoms with Crippen molar-refractivity contribution in [3.63, 3.8) is 0 Å². The molecule has 0 bridgehead atoms. The Kier molecular flexibility index (Phi) is 13.8. The van der Waals surface area contributed by atoms with E-state index < -0.39 is 0 Å². The molecule has 0 saturated carbocycles. The molecule has 0 saturated heterocycles. The predicted molar refractivity (Wildman–Crippen MR) is 132 cm³/mol. The Morgan fingerprint density at radius 2 is 1.41 bits per heavy atom. The monoisotopic (exact) mass is 693 g/mol. The molecule has 0 aromatic heterocycles. The van der Waals surface area contributed by atoms with Gasteiger partial charge in [-0.05, 0) is 55.3 Å². The van der Waals surface area contributed by atoms with Gasteiger partial charge < -0.3 is 21.9 Å². The molecule has 0 aliphatic heterocycles. The number of aliphatic hydroxyl groups excluding tert-OH is 2. The maximum atomic E-state index is 8.93. The topological polar surface area (TPSA) is 49.7 Å². The molecule has 0 radical (unpaired) electrons. The van der Waals surface area contributed by atoms with E-state index in [1.807, 2.05) is 24.3 Å². The number of aliphatic hydroxyl groups is 2. The molecule has 3 aromatic rings. The van der Waals surface area contributed by atoms with Crippen molar-refractivity contribution in [2.45, 2.75) is 39.7 Å². The van der Waals surface area contributed by atoms with Crippen LogP contribution in [0.5, 0.6) is 5.75 Å². The molecule has 0 spiro atoms. The number of thiol groups is 1. The fourth-order valence-corrected chi connectivity index (χ4v) is 5.10. The zero-order valence-electron chi connectivity index (χ0n) is 18.6. The smallest absolute Gasteiger partial charge is 0.491 e. The Morgan fingerprint density at radius 3 is 1.88 bits per heavy atom. The third kappa shape index (κ3) is 8.48. The van der Waals surface area contributed by atoms with Gasteiger partial charge >= 0.3 is 31.1 Å². The van der Waals surface area contributed by atoms with Crippen LogP contribution in [-0.4, -0.2) is 30.0 Å². The van der Waals surface area contributed by atoms with Gasteiger partial charge in [0.25, 0.3) is 0 Å². The molecular weight excluding hydrogens is 662 g/mol. The number of hydrogen-bond donors (Lipinski definition) is 3. The molecule has 3 nitrogen and oxygen atoms in total. The van der Waals surface area contributed by atoms with Crippen LogP contribution in [0.1, 0.15) is 25.8 Å². The van der Waals surface area contributed by atoms with E-state index >= 15 is 0 Å². The van der Waals surface area contributed by atoms with Gasteiger partial charge in [0.05, 0.1) is 22.4 Å². The minimum atomic E-state index is -0.216. The summed E-state index contributed by atoms with van der Waals surface area (Å²) in [6, 6.07) is 28.3. The Hall–Kier alpha value is -0.868. The van der Waals surface area contributed by atoms with E-state index in [-0.39, 0.29) is 60.0 Å². The van der Waals surface area contributed by atoms with Crippen LogP contribution in [0.4, 0.5) is 0 Å². The SMILES string of the molecule is CCC(C)(S)c1ccc([S+](c2cc[c-]cc2)c2ccc(OCCO)cc2)cc1.[CH2-]CO.[U+2]. The molecule has 0 aliphatic carbocycles. The van der Waals surface area contributed by atoms with Crippen molar-refractivity contribution in [3.05, 3.63) is 91.3 Å². The van der Waals surface area contributed by atoms with Crippen LogP contribution in [0, 0.1) is 44.1 Å². The van der Waals surface area contributed by atoms with Gasteiger partial charge in [0.1, 0.15) is 12.4 Å². The normalized spacial score (nSPS) is 13.1. The Morgan fingerprint density at radius 1 is 0.938 bits per heavy atom. The summed E-state index contributed by atoms with van der Waals surface area (Å²) >= 11 is 4.81. The minimum absolute atomic E-state index is 0. The first kappa shape index (κ1) is 29.2. The third-order valence-electron chi connectivity index (χ3n) is 4.74. The summed E-state index contributed by atoms with van der Waals surface area (Å²) < 4.78 is 5.39. The van der Waals surface area contributed by atoms with E-state index in [9.17, 15) is 0 Å². The van der Waals surface area contributed by atoms with Gasteiger partial charge in [0, 0.05) is 4.75 Å². The molecule has 0 amide bonds. The molecule has 0 aliphatic rings. The van der Waals surface area contributed by atoms with Crippen molar-refractivity contribution >= 4 is 23.5 Å². The summed E-state index contributed by atoms with van der Waals surface area (Å²) in [5.41, 5.74) is 1.24. The second-order valence-corrected chi connectivity index (χ2v) is 9.97. The van der Waals surface area contributed by atoms with Gasteiger partial charge in [-0.3, -0.25) is 0 Å². The van der Waals surface area contributed by atoms with Crippen LogP contribution in [0.25, 0.3) is 0 Å². The van der Waals surface area contributed by atoms with Crippen LogP contribution in [0.2, 0.25) is 0 Å². The average molecular weight is 694 g/mol. The first-order valence-electron chi connectivity index (χ1n) is 10.2. The number of rotatable bonds is 8. The zero-order chi connectivity index (χ0) is 22.7. The molecule has 2 N–H and O–H groups in total. The fraction of sp³-hybridized carbons (Fsp3) is 0.269. The van der Waals surface area contributed by atoms with Gasteiger partial charge in [0.2, 0.25) is 0 Å². The average Bonchev–Trinajstić information content (AvgIpc) is 2.80. The number of ether oxygens (including phenoxy) is 1. The summed E-state index contributed by atoms with van der Waals surface area (Å²) in [4.78, 5) is 3.73. The second-order valence-electron chi connectivity index (χ2n) is 6.96. The summed E-state index contributed by atoms with van der Waals surface area (Å²) in [7, 11) is -0.216. The van der Waals surface area contributed by atoms with E-state index in [1.165, 1.54) is 20.2 Å². The van der Waals surface area contributed by atoms with Crippen molar-refractivity contribution in [1.82, 2.24) is 0 Å². The molecule has 0 heterocycles. The number of benzene rings is 3. The van der Waals surface area contributed by atoms with E-state index in [1.54, 1.807) is 0 Å². The van der Waals surface area contributed by atoms with E-state index in [4.69, 9.17) is 27.6 Å². The number of hydrogen-bond acceptors (Lipinski definition) is 4.